The van der Waals surface area contributed by atoms with Crippen LogP contribution >= 0.6 is 57.4 Å². The average Bonchev–Trinajstić information content (AvgIpc) is 2.63. The lowest BCUT2D eigenvalue weighted by Crippen LogP contribution is -2.54. The molecular formula is C19H14I2N2O4S. The van der Waals surface area contributed by atoms with Crippen molar-refractivity contribution in [3.63, 3.8) is 0 Å². The molecule has 144 valence electrons. The minimum atomic E-state index is -0.565. The van der Waals surface area contributed by atoms with E-state index in [0.29, 0.717) is 30.7 Å². The second-order valence-electron chi connectivity index (χ2n) is 5.72. The molecule has 6 nitrogen and oxygen atoms in total. The highest BCUT2D eigenvalue weighted by Gasteiger charge is 2.34. The number of halogens is 2. The van der Waals surface area contributed by atoms with Gasteiger partial charge in [-0.05, 0) is 100 Å². The zero-order chi connectivity index (χ0) is 20.4. The first kappa shape index (κ1) is 21.0. The highest BCUT2D eigenvalue weighted by Crippen LogP contribution is 2.30. The molecule has 3 rings (SSSR count). The van der Waals surface area contributed by atoms with Gasteiger partial charge in [0.1, 0.15) is 17.1 Å². The zero-order valence-electron chi connectivity index (χ0n) is 14.5. The summed E-state index contributed by atoms with van der Waals surface area (Å²) < 4.78 is 6.72. The molecule has 0 aliphatic carbocycles. The quantitative estimate of drug-likeness (QED) is 0.235. The Morgan fingerprint density at radius 3 is 2.54 bits per heavy atom. The van der Waals surface area contributed by atoms with E-state index in [9.17, 15) is 14.7 Å². The Hall–Kier alpha value is -1.73. The molecule has 0 atom stereocenters. The number of thiocarbonyl (C=S) groups is 1. The van der Waals surface area contributed by atoms with Crippen molar-refractivity contribution in [3.8, 4) is 11.5 Å². The zero-order valence-corrected chi connectivity index (χ0v) is 19.7. The fourth-order valence-corrected chi connectivity index (χ4v) is 4.70. The van der Waals surface area contributed by atoms with E-state index in [-0.39, 0.29) is 16.4 Å². The van der Waals surface area contributed by atoms with Gasteiger partial charge < -0.3 is 9.84 Å². The summed E-state index contributed by atoms with van der Waals surface area (Å²) in [6.07, 6.45) is 1.49. The Labute approximate surface area is 194 Å². The molecule has 2 aromatic carbocycles. The molecule has 0 spiro atoms. The highest BCUT2D eigenvalue weighted by molar-refractivity contribution is 14.1. The average molecular weight is 620 g/mol. The summed E-state index contributed by atoms with van der Waals surface area (Å²) in [5.74, 6) is -0.329. The summed E-state index contributed by atoms with van der Waals surface area (Å²) in [7, 11) is 0. The predicted molar refractivity (Wildman–Crippen MR) is 127 cm³/mol. The number of hydrogen-bond donors (Lipinski definition) is 2. The van der Waals surface area contributed by atoms with Crippen molar-refractivity contribution in [1.82, 2.24) is 5.32 Å². The van der Waals surface area contributed by atoms with Crippen LogP contribution in [0.5, 0.6) is 11.5 Å². The van der Waals surface area contributed by atoms with E-state index >= 15 is 0 Å². The number of anilines is 1. The Kier molecular flexibility index (Phi) is 6.55. The molecule has 1 heterocycles. The van der Waals surface area contributed by atoms with Crippen LogP contribution in [0, 0.1) is 7.14 Å². The molecule has 1 saturated heterocycles. The molecule has 0 unspecified atom stereocenters. The van der Waals surface area contributed by atoms with Gasteiger partial charge in [0.15, 0.2) is 5.11 Å². The lowest BCUT2D eigenvalue weighted by Gasteiger charge is -2.29. The van der Waals surface area contributed by atoms with Crippen LogP contribution in [0.4, 0.5) is 5.69 Å². The second kappa shape index (κ2) is 8.74. The Bertz CT molecular complexity index is 1000. The summed E-state index contributed by atoms with van der Waals surface area (Å²) in [6.45, 7) is 2.35. The molecule has 28 heavy (non-hydrogen) atoms. The first-order valence-electron chi connectivity index (χ1n) is 8.14. The van der Waals surface area contributed by atoms with E-state index < -0.39 is 11.8 Å². The fraction of sp³-hybridized carbons (Fsp3) is 0.105. The molecule has 2 amide bonds. The number of rotatable bonds is 4. The first-order valence-corrected chi connectivity index (χ1v) is 10.7. The summed E-state index contributed by atoms with van der Waals surface area (Å²) >= 11 is 9.20. The van der Waals surface area contributed by atoms with E-state index in [1.807, 2.05) is 52.1 Å². The monoisotopic (exact) mass is 620 g/mol. The van der Waals surface area contributed by atoms with E-state index in [2.05, 4.69) is 5.32 Å². The van der Waals surface area contributed by atoms with Crippen molar-refractivity contribution in [2.45, 2.75) is 6.92 Å². The molecule has 0 radical (unpaired) electrons. The van der Waals surface area contributed by atoms with Crippen LogP contribution < -0.4 is 15.0 Å². The second-order valence-corrected chi connectivity index (χ2v) is 8.43. The number of carbonyl (C=O) groups is 2. The number of phenolic OH excluding ortho intramolecular Hbond substituents is 1. The van der Waals surface area contributed by atoms with E-state index in [1.165, 1.54) is 11.0 Å². The molecule has 0 aromatic heterocycles. The third-order valence-electron chi connectivity index (χ3n) is 3.84. The number of nitrogens with zero attached hydrogens (tertiary/aromatic N) is 1. The van der Waals surface area contributed by atoms with Crippen LogP contribution in [-0.4, -0.2) is 28.6 Å². The van der Waals surface area contributed by atoms with Crippen molar-refractivity contribution in [3.05, 3.63) is 54.7 Å². The van der Waals surface area contributed by atoms with E-state index in [1.54, 1.807) is 36.4 Å². The smallest absolute Gasteiger partial charge is 0.270 e. The van der Waals surface area contributed by atoms with Gasteiger partial charge in [0.25, 0.3) is 11.8 Å². The molecule has 1 aliphatic rings. The van der Waals surface area contributed by atoms with Gasteiger partial charge >= 0.3 is 0 Å². The van der Waals surface area contributed by atoms with Crippen LogP contribution in [0.25, 0.3) is 6.08 Å². The SMILES string of the molecule is CCOc1cccc(N2C(=O)/C(=C/c3cc(I)c(O)c(I)c3)C(=O)NC2=S)c1. The molecule has 0 bridgehead atoms. The Morgan fingerprint density at radius 2 is 1.89 bits per heavy atom. The maximum Gasteiger partial charge on any atom is 0.270 e. The lowest BCUT2D eigenvalue weighted by molar-refractivity contribution is -0.122. The largest absolute Gasteiger partial charge is 0.506 e. The van der Waals surface area contributed by atoms with Gasteiger partial charge in [-0.25, -0.2) is 0 Å². The molecule has 0 saturated carbocycles. The van der Waals surface area contributed by atoms with Crippen molar-refractivity contribution < 1.29 is 19.4 Å². The summed E-state index contributed by atoms with van der Waals surface area (Å²) in [5.41, 5.74) is 1.08. The summed E-state index contributed by atoms with van der Waals surface area (Å²) in [6, 6.07) is 10.3. The van der Waals surface area contributed by atoms with Gasteiger partial charge in [0.05, 0.1) is 19.4 Å². The third-order valence-corrected chi connectivity index (χ3v) is 5.77. The van der Waals surface area contributed by atoms with Gasteiger partial charge in [-0.15, -0.1) is 0 Å². The fourth-order valence-electron chi connectivity index (χ4n) is 2.61. The molecule has 9 heteroatoms. The highest BCUT2D eigenvalue weighted by atomic mass is 127. The third kappa shape index (κ3) is 4.30. The van der Waals surface area contributed by atoms with Gasteiger partial charge in [-0.2, -0.15) is 0 Å². The van der Waals surface area contributed by atoms with E-state index in [4.69, 9.17) is 17.0 Å². The standard InChI is InChI=1S/C19H14I2N2O4S/c1-2-27-12-5-3-4-11(9-12)23-18(26)13(17(25)22-19(23)28)6-10-7-14(20)16(24)15(21)8-10/h3-9,24H,2H2,1H3,(H,22,25,28)/b13-6+. The van der Waals surface area contributed by atoms with Gasteiger partial charge in [0.2, 0.25) is 0 Å². The van der Waals surface area contributed by atoms with Crippen LogP contribution in [0.15, 0.2) is 42.0 Å². The van der Waals surface area contributed by atoms with Gasteiger partial charge in [-0.3, -0.25) is 19.8 Å². The molecule has 2 aromatic rings. The predicted octanol–water partition coefficient (Wildman–Crippen LogP) is 3.83. The number of aromatic hydroxyl groups is 1. The Balaban J connectivity index is 2.02. The van der Waals surface area contributed by atoms with Crippen LogP contribution in [0.1, 0.15) is 12.5 Å². The number of nitrogens with one attached hydrogen (secondary N) is 1. The van der Waals surface area contributed by atoms with Crippen LogP contribution in [-0.2, 0) is 9.59 Å². The normalized spacial score (nSPS) is 15.8. The van der Waals surface area contributed by atoms with Crippen LogP contribution in [0.3, 0.4) is 0 Å². The number of phenols is 1. The number of amides is 2. The molecular weight excluding hydrogens is 606 g/mol. The topological polar surface area (TPSA) is 78.9 Å². The van der Waals surface area contributed by atoms with Gasteiger partial charge in [0, 0.05) is 6.07 Å². The van der Waals surface area contributed by atoms with Crippen molar-refractivity contribution in [1.29, 1.82) is 0 Å². The minimum absolute atomic E-state index is 0.00988. The Morgan fingerprint density at radius 1 is 1.21 bits per heavy atom. The van der Waals surface area contributed by atoms with Crippen molar-refractivity contribution in [2.75, 3.05) is 11.5 Å². The maximum absolute atomic E-state index is 13.1. The lowest BCUT2D eigenvalue weighted by atomic mass is 10.1. The summed E-state index contributed by atoms with van der Waals surface area (Å²) in [4.78, 5) is 26.7. The van der Waals surface area contributed by atoms with Crippen molar-refractivity contribution in [2.24, 2.45) is 0 Å². The van der Waals surface area contributed by atoms with Crippen LogP contribution in [0.2, 0.25) is 0 Å². The maximum atomic E-state index is 13.1. The number of hydrogen-bond acceptors (Lipinski definition) is 5. The number of benzene rings is 2. The molecule has 2 N–H and O–H groups in total. The molecule has 1 fully saturated rings. The van der Waals surface area contributed by atoms with Gasteiger partial charge in [-0.1, -0.05) is 6.07 Å². The summed E-state index contributed by atoms with van der Waals surface area (Å²) in [5, 5.41) is 12.5. The van der Waals surface area contributed by atoms with Crippen molar-refractivity contribution >= 4 is 86.1 Å². The first-order chi connectivity index (χ1) is 13.3. The molecule has 1 aliphatic heterocycles. The number of ether oxygens (including phenoxy) is 1. The van der Waals surface area contributed by atoms with E-state index in [0.717, 1.165) is 0 Å². The number of carbonyl (C=O) groups excluding carboxylic acids is 2. The minimum Gasteiger partial charge on any atom is -0.506 e.